The van der Waals surface area contributed by atoms with Gasteiger partial charge in [0.15, 0.2) is 8.32 Å². The Kier molecular flexibility index (Phi) is 7.79. The maximum Gasteiger partial charge on any atom is 0.193 e. The van der Waals surface area contributed by atoms with Gasteiger partial charge in [-0.05, 0) is 54.5 Å². The van der Waals surface area contributed by atoms with Crippen LogP contribution in [0.15, 0.2) is 78.0 Å². The number of phenolic OH excluding ortho intramolecular Hbond substituents is 1. The van der Waals surface area contributed by atoms with E-state index < -0.39 is 26.6 Å². The van der Waals surface area contributed by atoms with E-state index in [0.29, 0.717) is 17.0 Å². The standard InChI is InChI=1S/C26H33N3O3Si/c1-26(2,3)33(4,5)32-25(21-14-9-11-17-28-21)23(24(31)20-13-8-10-16-27-20)29-18-19-12-6-7-15-22(19)30/h6-18,23-25,30-31H,1-5H3. The first-order chi connectivity index (χ1) is 15.6. The van der Waals surface area contributed by atoms with Crippen molar-refractivity contribution in [2.45, 2.75) is 57.2 Å². The lowest BCUT2D eigenvalue weighted by molar-refractivity contribution is 0.0576. The number of rotatable bonds is 8. The highest BCUT2D eigenvalue weighted by atomic mass is 28.4. The Morgan fingerprint density at radius 3 is 2.03 bits per heavy atom. The van der Waals surface area contributed by atoms with Crippen LogP contribution in [0, 0.1) is 0 Å². The molecule has 0 amide bonds. The highest BCUT2D eigenvalue weighted by Gasteiger charge is 2.43. The van der Waals surface area contributed by atoms with E-state index in [0.717, 1.165) is 0 Å². The van der Waals surface area contributed by atoms with Gasteiger partial charge in [0.05, 0.1) is 11.4 Å². The SMILES string of the molecule is CC(C)(C)[Si](C)(C)OC(c1ccccn1)C(N=Cc1ccccc1O)C(O)c1ccccn1. The van der Waals surface area contributed by atoms with Gasteiger partial charge in [-0.1, -0.05) is 45.0 Å². The van der Waals surface area contributed by atoms with Crippen LogP contribution in [0.25, 0.3) is 0 Å². The highest BCUT2D eigenvalue weighted by Crippen LogP contribution is 2.42. The largest absolute Gasteiger partial charge is 0.507 e. The molecule has 3 unspecified atom stereocenters. The quantitative estimate of drug-likeness (QED) is 0.342. The zero-order valence-electron chi connectivity index (χ0n) is 19.9. The molecular formula is C26H33N3O3Si. The minimum absolute atomic E-state index is 0.0536. The Hall–Kier alpha value is -2.87. The second-order valence-corrected chi connectivity index (χ2v) is 14.3. The average Bonchev–Trinajstić information content (AvgIpc) is 2.79. The topological polar surface area (TPSA) is 87.8 Å². The number of aliphatic hydroxyl groups excluding tert-OH is 1. The van der Waals surface area contributed by atoms with Gasteiger partial charge in [0.2, 0.25) is 0 Å². The number of hydrogen-bond acceptors (Lipinski definition) is 6. The fourth-order valence-corrected chi connectivity index (χ4v) is 4.41. The molecule has 0 aliphatic rings. The molecule has 3 aromatic rings. The summed E-state index contributed by atoms with van der Waals surface area (Å²) in [4.78, 5) is 13.7. The zero-order valence-corrected chi connectivity index (χ0v) is 20.9. The second-order valence-electron chi connectivity index (χ2n) is 9.58. The summed E-state index contributed by atoms with van der Waals surface area (Å²) < 4.78 is 6.82. The van der Waals surface area contributed by atoms with Crippen molar-refractivity contribution >= 4 is 14.5 Å². The molecule has 0 bridgehead atoms. The third-order valence-electron chi connectivity index (χ3n) is 6.15. The van der Waals surface area contributed by atoms with E-state index in [1.807, 2.05) is 30.3 Å². The Balaban J connectivity index is 2.11. The van der Waals surface area contributed by atoms with Crippen LogP contribution < -0.4 is 0 Å². The minimum atomic E-state index is -2.27. The lowest BCUT2D eigenvalue weighted by atomic mass is 9.99. The van der Waals surface area contributed by atoms with Gasteiger partial charge < -0.3 is 14.6 Å². The summed E-state index contributed by atoms with van der Waals surface area (Å²) in [6.07, 6.45) is 3.30. The van der Waals surface area contributed by atoms with E-state index in [1.165, 1.54) is 0 Å². The van der Waals surface area contributed by atoms with Crippen molar-refractivity contribution in [3.63, 3.8) is 0 Å². The number of pyridine rings is 2. The molecule has 2 aromatic heterocycles. The number of hydrogen-bond donors (Lipinski definition) is 2. The molecule has 0 aliphatic heterocycles. The third kappa shape index (κ3) is 6.13. The summed E-state index contributed by atoms with van der Waals surface area (Å²) >= 11 is 0. The molecule has 2 N–H and O–H groups in total. The van der Waals surface area contributed by atoms with Crippen LogP contribution in [-0.4, -0.2) is 40.8 Å². The smallest absolute Gasteiger partial charge is 0.193 e. The number of phenols is 1. The Bertz CT molecular complexity index is 1050. The van der Waals surface area contributed by atoms with Gasteiger partial charge in [0.25, 0.3) is 0 Å². The highest BCUT2D eigenvalue weighted by molar-refractivity contribution is 6.74. The van der Waals surface area contributed by atoms with E-state index in [4.69, 9.17) is 9.42 Å². The molecule has 1 aromatic carbocycles. The first-order valence-electron chi connectivity index (χ1n) is 11.1. The van der Waals surface area contributed by atoms with Crippen LogP contribution in [0.5, 0.6) is 5.75 Å². The van der Waals surface area contributed by atoms with Gasteiger partial charge in [-0.25, -0.2) is 0 Å². The lowest BCUT2D eigenvalue weighted by Gasteiger charge is -2.41. The number of aromatic nitrogens is 2. The van der Waals surface area contributed by atoms with Crippen molar-refractivity contribution in [1.82, 2.24) is 9.97 Å². The minimum Gasteiger partial charge on any atom is -0.507 e. The average molecular weight is 464 g/mol. The van der Waals surface area contributed by atoms with Crippen LogP contribution in [0.3, 0.4) is 0 Å². The number of aliphatic hydroxyl groups is 1. The predicted molar refractivity (Wildman–Crippen MR) is 134 cm³/mol. The van der Waals surface area contributed by atoms with Crippen LogP contribution in [0.4, 0.5) is 0 Å². The van der Waals surface area contributed by atoms with Crippen LogP contribution in [-0.2, 0) is 4.43 Å². The Morgan fingerprint density at radius 2 is 1.48 bits per heavy atom. The zero-order chi connectivity index (χ0) is 24.1. The molecule has 7 heteroatoms. The summed E-state index contributed by atoms with van der Waals surface area (Å²) in [7, 11) is -2.27. The Labute approximate surface area is 197 Å². The molecule has 0 radical (unpaired) electrons. The van der Waals surface area contributed by atoms with Gasteiger partial charge in [0, 0.05) is 24.2 Å². The molecule has 3 rings (SSSR count). The van der Waals surface area contributed by atoms with Crippen LogP contribution >= 0.6 is 0 Å². The number of benzene rings is 1. The molecule has 33 heavy (non-hydrogen) atoms. The molecule has 0 spiro atoms. The molecule has 0 aliphatic carbocycles. The van der Waals surface area contributed by atoms with Crippen molar-refractivity contribution in [3.8, 4) is 5.75 Å². The van der Waals surface area contributed by atoms with E-state index in [-0.39, 0.29) is 10.8 Å². The second kappa shape index (κ2) is 10.4. The number of aromatic hydroxyl groups is 1. The number of para-hydroxylation sites is 1. The molecule has 0 saturated carbocycles. The predicted octanol–water partition coefficient (Wildman–Crippen LogP) is 5.47. The van der Waals surface area contributed by atoms with Crippen molar-refractivity contribution < 1.29 is 14.6 Å². The molecular weight excluding hydrogens is 430 g/mol. The van der Waals surface area contributed by atoms with Crippen LogP contribution in [0.2, 0.25) is 18.1 Å². The first-order valence-corrected chi connectivity index (χ1v) is 14.0. The summed E-state index contributed by atoms with van der Waals surface area (Å²) in [6.45, 7) is 10.8. The molecule has 3 atom stereocenters. The molecule has 174 valence electrons. The van der Waals surface area contributed by atoms with Gasteiger partial charge in [-0.3, -0.25) is 15.0 Å². The lowest BCUT2D eigenvalue weighted by Crippen LogP contribution is -2.44. The third-order valence-corrected chi connectivity index (χ3v) is 10.6. The summed E-state index contributed by atoms with van der Waals surface area (Å²) in [5.41, 5.74) is 1.75. The van der Waals surface area contributed by atoms with E-state index in [1.54, 1.807) is 48.9 Å². The maximum absolute atomic E-state index is 11.4. The molecule has 0 saturated heterocycles. The van der Waals surface area contributed by atoms with Gasteiger partial charge in [-0.15, -0.1) is 0 Å². The fourth-order valence-electron chi connectivity index (χ4n) is 3.16. The van der Waals surface area contributed by atoms with Gasteiger partial charge in [0.1, 0.15) is 24.0 Å². The van der Waals surface area contributed by atoms with Crippen molar-refractivity contribution in [2.24, 2.45) is 4.99 Å². The van der Waals surface area contributed by atoms with Crippen molar-refractivity contribution in [2.75, 3.05) is 0 Å². The van der Waals surface area contributed by atoms with Crippen molar-refractivity contribution in [3.05, 3.63) is 90.0 Å². The van der Waals surface area contributed by atoms with E-state index in [2.05, 4.69) is 43.8 Å². The summed E-state index contributed by atoms with van der Waals surface area (Å²) in [5.74, 6) is 0.118. The first kappa shape index (κ1) is 24.8. The van der Waals surface area contributed by atoms with Crippen molar-refractivity contribution in [1.29, 1.82) is 0 Å². The normalized spacial score (nSPS) is 15.3. The van der Waals surface area contributed by atoms with E-state index >= 15 is 0 Å². The summed E-state index contributed by atoms with van der Waals surface area (Å²) in [5, 5.41) is 21.6. The Morgan fingerprint density at radius 1 is 0.909 bits per heavy atom. The summed E-state index contributed by atoms with van der Waals surface area (Å²) in [6, 6.07) is 17.3. The van der Waals surface area contributed by atoms with E-state index in [9.17, 15) is 10.2 Å². The number of nitrogens with zero attached hydrogens (tertiary/aromatic N) is 3. The van der Waals surface area contributed by atoms with Crippen LogP contribution in [0.1, 0.15) is 49.9 Å². The monoisotopic (exact) mass is 463 g/mol. The maximum atomic E-state index is 11.4. The molecule has 2 heterocycles. The van der Waals surface area contributed by atoms with Gasteiger partial charge >= 0.3 is 0 Å². The molecule has 6 nitrogen and oxygen atoms in total. The van der Waals surface area contributed by atoms with Gasteiger partial charge in [-0.2, -0.15) is 0 Å². The molecule has 0 fully saturated rings. The number of aliphatic imine (C=N–C) groups is 1. The fraction of sp³-hybridized carbons (Fsp3) is 0.346.